The molecule has 78 valence electrons. The summed E-state index contributed by atoms with van der Waals surface area (Å²) >= 11 is 1.77. The number of nitrogens with two attached hydrogens (primary N) is 1. The van der Waals surface area contributed by atoms with Crippen molar-refractivity contribution >= 4 is 11.3 Å². The van der Waals surface area contributed by atoms with Crippen molar-refractivity contribution in [3.63, 3.8) is 0 Å². The van der Waals surface area contributed by atoms with Gasteiger partial charge in [-0.1, -0.05) is 12.1 Å². The highest BCUT2D eigenvalue weighted by atomic mass is 32.1. The predicted octanol–water partition coefficient (Wildman–Crippen LogP) is 2.26. The van der Waals surface area contributed by atoms with Gasteiger partial charge >= 0.3 is 0 Å². The highest BCUT2D eigenvalue weighted by Gasteiger charge is 2.05. The number of thiophene rings is 1. The maximum Gasteiger partial charge on any atom is 0.0300 e. The summed E-state index contributed by atoms with van der Waals surface area (Å²) in [6.07, 6.45) is 5.51. The minimum Gasteiger partial charge on any atom is -0.327 e. The number of pyridine rings is 1. The molecule has 0 aliphatic rings. The fraction of sp³-hybridized carbons (Fsp3) is 0.250. The Bertz CT molecular complexity index is 383. The minimum absolute atomic E-state index is 0.188. The zero-order chi connectivity index (χ0) is 10.5. The molecule has 2 aromatic heterocycles. The molecule has 3 heteroatoms. The molecule has 2 aromatic rings. The molecule has 15 heavy (non-hydrogen) atoms. The minimum atomic E-state index is 0.188. The third-order valence-corrected chi connectivity index (χ3v) is 3.16. The summed E-state index contributed by atoms with van der Waals surface area (Å²) in [5, 5.41) is 2.09. The summed E-state index contributed by atoms with van der Waals surface area (Å²) in [6, 6.07) is 8.41. The van der Waals surface area contributed by atoms with E-state index >= 15 is 0 Å². The van der Waals surface area contributed by atoms with Crippen molar-refractivity contribution in [2.45, 2.75) is 18.9 Å². The fourth-order valence-electron chi connectivity index (χ4n) is 1.58. The Morgan fingerprint density at radius 2 is 2.20 bits per heavy atom. The van der Waals surface area contributed by atoms with Crippen LogP contribution in [0.2, 0.25) is 0 Å². The van der Waals surface area contributed by atoms with E-state index in [4.69, 9.17) is 5.73 Å². The van der Waals surface area contributed by atoms with E-state index in [0.29, 0.717) is 0 Å². The lowest BCUT2D eigenvalue weighted by Gasteiger charge is -2.09. The normalized spacial score (nSPS) is 12.6. The molecule has 1 atom stereocenters. The second-order valence-electron chi connectivity index (χ2n) is 3.61. The van der Waals surface area contributed by atoms with Crippen molar-refractivity contribution in [3.8, 4) is 0 Å². The van der Waals surface area contributed by atoms with E-state index in [1.54, 1.807) is 17.5 Å². The molecule has 0 spiro atoms. The van der Waals surface area contributed by atoms with E-state index < -0.39 is 0 Å². The first-order valence-corrected chi connectivity index (χ1v) is 5.89. The average molecular weight is 218 g/mol. The third-order valence-electron chi connectivity index (χ3n) is 2.26. The van der Waals surface area contributed by atoms with Gasteiger partial charge in [0.25, 0.3) is 0 Å². The molecule has 2 rings (SSSR count). The van der Waals surface area contributed by atoms with Gasteiger partial charge in [0, 0.05) is 23.3 Å². The quantitative estimate of drug-likeness (QED) is 0.855. The molecule has 2 nitrogen and oxygen atoms in total. The van der Waals surface area contributed by atoms with Gasteiger partial charge in [-0.2, -0.15) is 0 Å². The van der Waals surface area contributed by atoms with Crippen LogP contribution in [0.25, 0.3) is 0 Å². The lowest BCUT2D eigenvalue weighted by molar-refractivity contribution is 0.669. The van der Waals surface area contributed by atoms with Crippen molar-refractivity contribution in [3.05, 3.63) is 52.5 Å². The number of hydrogen-bond donors (Lipinski definition) is 1. The number of nitrogens with zero attached hydrogens (tertiary/aromatic N) is 1. The van der Waals surface area contributed by atoms with Crippen LogP contribution in [0.15, 0.2) is 42.0 Å². The van der Waals surface area contributed by atoms with Crippen molar-refractivity contribution < 1.29 is 0 Å². The Hall–Kier alpha value is -1.19. The summed E-state index contributed by atoms with van der Waals surface area (Å²) in [6.45, 7) is 0. The molecule has 0 saturated carbocycles. The van der Waals surface area contributed by atoms with Gasteiger partial charge in [0.05, 0.1) is 0 Å². The first-order chi connectivity index (χ1) is 7.34. The zero-order valence-corrected chi connectivity index (χ0v) is 9.28. The van der Waals surface area contributed by atoms with Gasteiger partial charge in [-0.3, -0.25) is 4.98 Å². The Morgan fingerprint density at radius 1 is 1.27 bits per heavy atom. The first-order valence-electron chi connectivity index (χ1n) is 5.01. The Morgan fingerprint density at radius 3 is 2.87 bits per heavy atom. The fourth-order valence-corrected chi connectivity index (χ4v) is 2.38. The van der Waals surface area contributed by atoms with E-state index in [9.17, 15) is 0 Å². The number of aromatic nitrogens is 1. The maximum atomic E-state index is 6.08. The smallest absolute Gasteiger partial charge is 0.0300 e. The Labute approximate surface area is 93.8 Å². The number of hydrogen-bond acceptors (Lipinski definition) is 3. The monoisotopic (exact) mass is 218 g/mol. The second-order valence-corrected chi connectivity index (χ2v) is 4.64. The van der Waals surface area contributed by atoms with Crippen LogP contribution in [0.5, 0.6) is 0 Å². The van der Waals surface area contributed by atoms with Crippen LogP contribution in [-0.4, -0.2) is 11.0 Å². The average Bonchev–Trinajstić information content (AvgIpc) is 2.71. The second kappa shape index (κ2) is 5.05. The van der Waals surface area contributed by atoms with Gasteiger partial charge in [-0.25, -0.2) is 0 Å². The molecule has 0 amide bonds. The summed E-state index contributed by atoms with van der Waals surface area (Å²) < 4.78 is 0. The summed E-state index contributed by atoms with van der Waals surface area (Å²) in [5.74, 6) is 0. The largest absolute Gasteiger partial charge is 0.327 e. The van der Waals surface area contributed by atoms with Crippen LogP contribution in [0.3, 0.4) is 0 Å². The summed E-state index contributed by atoms with van der Waals surface area (Å²) in [5.41, 5.74) is 7.29. The summed E-state index contributed by atoms with van der Waals surface area (Å²) in [7, 11) is 0. The van der Waals surface area contributed by atoms with Crippen LogP contribution in [0, 0.1) is 0 Å². The standard InChI is InChI=1S/C12H14N2S/c13-11(8-12-4-2-6-15-12)7-10-3-1-5-14-9-10/h1-6,9,11H,7-8,13H2. The van der Waals surface area contributed by atoms with Crippen LogP contribution < -0.4 is 5.73 Å². The van der Waals surface area contributed by atoms with Gasteiger partial charge in [0.15, 0.2) is 0 Å². The maximum absolute atomic E-state index is 6.08. The van der Waals surface area contributed by atoms with Crippen LogP contribution >= 0.6 is 11.3 Å². The molecule has 0 fully saturated rings. The molecule has 0 aromatic carbocycles. The van der Waals surface area contributed by atoms with Crippen molar-refractivity contribution in [1.82, 2.24) is 4.98 Å². The highest BCUT2D eigenvalue weighted by molar-refractivity contribution is 7.09. The van der Waals surface area contributed by atoms with Crippen LogP contribution in [-0.2, 0) is 12.8 Å². The van der Waals surface area contributed by atoms with E-state index in [0.717, 1.165) is 12.8 Å². The lowest BCUT2D eigenvalue weighted by Crippen LogP contribution is -2.25. The predicted molar refractivity (Wildman–Crippen MR) is 63.9 cm³/mol. The van der Waals surface area contributed by atoms with Gasteiger partial charge < -0.3 is 5.73 Å². The Kier molecular flexibility index (Phi) is 3.48. The SMILES string of the molecule is NC(Cc1cccnc1)Cc1cccs1. The molecule has 2 heterocycles. The van der Waals surface area contributed by atoms with Crippen molar-refractivity contribution in [2.24, 2.45) is 5.73 Å². The highest BCUT2D eigenvalue weighted by Crippen LogP contribution is 2.12. The van der Waals surface area contributed by atoms with Gasteiger partial charge in [-0.05, 0) is 35.9 Å². The lowest BCUT2D eigenvalue weighted by atomic mass is 10.1. The molecule has 2 N–H and O–H groups in total. The van der Waals surface area contributed by atoms with Crippen molar-refractivity contribution in [1.29, 1.82) is 0 Å². The number of rotatable bonds is 4. The molecule has 0 aliphatic heterocycles. The molecular weight excluding hydrogens is 204 g/mol. The van der Waals surface area contributed by atoms with Gasteiger partial charge in [-0.15, -0.1) is 11.3 Å². The van der Waals surface area contributed by atoms with E-state index in [-0.39, 0.29) is 6.04 Å². The summed E-state index contributed by atoms with van der Waals surface area (Å²) in [4.78, 5) is 5.43. The van der Waals surface area contributed by atoms with E-state index in [2.05, 4.69) is 28.6 Å². The van der Waals surface area contributed by atoms with Crippen LogP contribution in [0.4, 0.5) is 0 Å². The van der Waals surface area contributed by atoms with Gasteiger partial charge in [0.1, 0.15) is 0 Å². The molecule has 1 unspecified atom stereocenters. The molecule has 0 aliphatic carbocycles. The van der Waals surface area contributed by atoms with Gasteiger partial charge in [0.2, 0.25) is 0 Å². The molecule has 0 saturated heterocycles. The topological polar surface area (TPSA) is 38.9 Å². The molecule has 0 radical (unpaired) electrons. The van der Waals surface area contributed by atoms with E-state index in [1.807, 2.05) is 12.3 Å². The third kappa shape index (κ3) is 3.15. The molecule has 0 bridgehead atoms. The first kappa shape index (κ1) is 10.3. The zero-order valence-electron chi connectivity index (χ0n) is 8.47. The van der Waals surface area contributed by atoms with Crippen LogP contribution in [0.1, 0.15) is 10.4 Å². The van der Waals surface area contributed by atoms with Crippen molar-refractivity contribution in [2.75, 3.05) is 0 Å². The Balaban J connectivity index is 1.90. The molecular formula is C12H14N2S. The van der Waals surface area contributed by atoms with E-state index in [1.165, 1.54) is 10.4 Å².